The molecule has 0 radical (unpaired) electrons. The summed E-state index contributed by atoms with van der Waals surface area (Å²) in [6, 6.07) is 12.1. The van der Waals surface area contributed by atoms with Crippen molar-refractivity contribution in [1.82, 2.24) is 14.9 Å². The van der Waals surface area contributed by atoms with Crippen LogP contribution in [0.15, 0.2) is 53.8 Å². The minimum absolute atomic E-state index is 0.0884. The average Bonchev–Trinajstić information content (AvgIpc) is 3.21. The van der Waals surface area contributed by atoms with E-state index in [9.17, 15) is 22.8 Å². The maximum atomic E-state index is 12.8. The highest BCUT2D eigenvalue weighted by Gasteiger charge is 2.31. The van der Waals surface area contributed by atoms with Gasteiger partial charge >= 0.3 is 6.18 Å². The van der Waals surface area contributed by atoms with Crippen LogP contribution in [-0.2, 0) is 15.8 Å². The first kappa shape index (κ1) is 23.7. The van der Waals surface area contributed by atoms with Gasteiger partial charge in [0.15, 0.2) is 0 Å². The molecule has 0 saturated carbocycles. The van der Waals surface area contributed by atoms with Gasteiger partial charge in [-0.05, 0) is 24.1 Å². The van der Waals surface area contributed by atoms with Crippen molar-refractivity contribution in [2.24, 2.45) is 5.10 Å². The predicted octanol–water partition coefficient (Wildman–Crippen LogP) is 3.56. The lowest BCUT2D eigenvalue weighted by Crippen LogP contribution is -2.36. The summed E-state index contributed by atoms with van der Waals surface area (Å²) in [5.41, 5.74) is 1.07. The predicted molar refractivity (Wildman–Crippen MR) is 121 cm³/mol. The average molecular weight is 473 g/mol. The molecule has 4 rings (SSSR count). The number of nitrogens with zero attached hydrogens (tertiary/aromatic N) is 5. The van der Waals surface area contributed by atoms with Crippen LogP contribution < -0.4 is 4.90 Å². The summed E-state index contributed by atoms with van der Waals surface area (Å²) >= 11 is 0. The third kappa shape index (κ3) is 5.73. The Morgan fingerprint density at radius 3 is 2.35 bits per heavy atom. The monoisotopic (exact) mass is 473 g/mol. The van der Waals surface area contributed by atoms with Crippen molar-refractivity contribution in [2.75, 3.05) is 37.6 Å². The van der Waals surface area contributed by atoms with Crippen LogP contribution in [0, 0.1) is 0 Å². The van der Waals surface area contributed by atoms with Crippen LogP contribution in [0.5, 0.6) is 0 Å². The molecule has 0 unspecified atom stereocenters. The molecule has 1 aromatic heterocycles. The number of anilines is 1. The van der Waals surface area contributed by atoms with Crippen LogP contribution in [-0.4, -0.2) is 65.1 Å². The van der Waals surface area contributed by atoms with Gasteiger partial charge in [-0.25, -0.2) is 9.99 Å². The van der Waals surface area contributed by atoms with Crippen molar-refractivity contribution in [3.63, 3.8) is 0 Å². The second-order valence-corrected chi connectivity index (χ2v) is 8.30. The lowest BCUT2D eigenvalue weighted by Gasteiger charge is -2.23. The van der Waals surface area contributed by atoms with Gasteiger partial charge in [0, 0.05) is 51.6 Å². The van der Waals surface area contributed by atoms with Gasteiger partial charge in [-0.3, -0.25) is 9.59 Å². The molecule has 0 aliphatic carbocycles. The van der Waals surface area contributed by atoms with Gasteiger partial charge in [-0.1, -0.05) is 30.3 Å². The van der Waals surface area contributed by atoms with E-state index in [1.807, 2.05) is 35.2 Å². The molecule has 0 spiro atoms. The van der Waals surface area contributed by atoms with E-state index in [-0.39, 0.29) is 24.7 Å². The van der Waals surface area contributed by atoms with Crippen LogP contribution in [0.2, 0.25) is 0 Å². The Morgan fingerprint density at radius 1 is 0.882 bits per heavy atom. The second-order valence-electron chi connectivity index (χ2n) is 8.30. The first-order valence-corrected chi connectivity index (χ1v) is 11.3. The smallest absolute Gasteiger partial charge is 0.355 e. The molecule has 0 bridgehead atoms. The zero-order valence-corrected chi connectivity index (χ0v) is 18.7. The number of hydrogen-bond acceptors (Lipinski definition) is 5. The topological polar surface area (TPSA) is 69.1 Å². The number of amides is 2. The molecule has 34 heavy (non-hydrogen) atoms. The van der Waals surface area contributed by atoms with Crippen LogP contribution in [0.3, 0.4) is 0 Å². The van der Waals surface area contributed by atoms with Crippen LogP contribution in [0.4, 0.5) is 19.0 Å². The molecule has 3 heterocycles. The summed E-state index contributed by atoms with van der Waals surface area (Å²) in [4.78, 5) is 32.8. The fourth-order valence-corrected chi connectivity index (χ4v) is 4.11. The summed E-state index contributed by atoms with van der Waals surface area (Å²) in [6.07, 6.45) is -2.05. The highest BCUT2D eigenvalue weighted by Crippen LogP contribution is 2.29. The Balaban J connectivity index is 1.26. The fourth-order valence-electron chi connectivity index (χ4n) is 4.11. The van der Waals surface area contributed by atoms with Crippen LogP contribution >= 0.6 is 0 Å². The molecular formula is C24H26F3N5O2. The molecule has 2 aliphatic heterocycles. The number of carbonyl (C=O) groups is 2. The summed E-state index contributed by atoms with van der Waals surface area (Å²) in [7, 11) is 0. The third-order valence-corrected chi connectivity index (χ3v) is 6.00. The first-order chi connectivity index (χ1) is 16.3. The number of halogens is 3. The van der Waals surface area contributed by atoms with Gasteiger partial charge in [0.05, 0.1) is 17.8 Å². The van der Waals surface area contributed by atoms with Crippen molar-refractivity contribution < 1.29 is 22.8 Å². The summed E-state index contributed by atoms with van der Waals surface area (Å²) in [6.45, 7) is 2.52. The zero-order chi connectivity index (χ0) is 24.1. The van der Waals surface area contributed by atoms with Gasteiger partial charge in [0.1, 0.15) is 5.82 Å². The molecule has 1 saturated heterocycles. The summed E-state index contributed by atoms with van der Waals surface area (Å²) < 4.78 is 38.3. The molecule has 7 nitrogen and oxygen atoms in total. The highest BCUT2D eigenvalue weighted by molar-refractivity contribution is 6.02. The molecule has 2 aliphatic rings. The molecule has 10 heteroatoms. The second kappa shape index (κ2) is 10.2. The molecular weight excluding hydrogens is 447 g/mol. The van der Waals surface area contributed by atoms with E-state index >= 15 is 0 Å². The molecule has 180 valence electrons. The number of hydrogen-bond donors (Lipinski definition) is 0. The Labute approximate surface area is 195 Å². The van der Waals surface area contributed by atoms with Crippen molar-refractivity contribution in [1.29, 1.82) is 0 Å². The van der Waals surface area contributed by atoms with E-state index < -0.39 is 11.7 Å². The maximum absolute atomic E-state index is 12.8. The Hall–Kier alpha value is -3.43. The standard InChI is InChI=1S/C24H26F3N5O2/c25-24(26,27)19-7-8-21(28-17-19)30-12-4-13-31(16-15-30)22(33)9-10-23(34)32-14-11-20(29-32)18-5-2-1-3-6-18/h1-3,5-8,17H,4,9-16H2. The summed E-state index contributed by atoms with van der Waals surface area (Å²) in [5.74, 6) is 0.172. The van der Waals surface area contributed by atoms with Crippen molar-refractivity contribution in [3.05, 3.63) is 59.8 Å². The number of alkyl halides is 3. The minimum Gasteiger partial charge on any atom is -0.355 e. The Morgan fingerprint density at radius 2 is 1.65 bits per heavy atom. The van der Waals surface area contributed by atoms with Crippen LogP contribution in [0.1, 0.15) is 36.8 Å². The minimum atomic E-state index is -4.42. The highest BCUT2D eigenvalue weighted by atomic mass is 19.4. The molecule has 1 aromatic carbocycles. The maximum Gasteiger partial charge on any atom is 0.417 e. The Bertz CT molecular complexity index is 1040. The van der Waals surface area contributed by atoms with Gasteiger partial charge in [-0.2, -0.15) is 18.3 Å². The van der Waals surface area contributed by atoms with Crippen LogP contribution in [0.25, 0.3) is 0 Å². The van der Waals surface area contributed by atoms with Gasteiger partial charge in [-0.15, -0.1) is 0 Å². The van der Waals surface area contributed by atoms with E-state index in [0.717, 1.165) is 23.5 Å². The first-order valence-electron chi connectivity index (χ1n) is 11.3. The molecule has 2 aromatic rings. The van der Waals surface area contributed by atoms with Gasteiger partial charge < -0.3 is 9.80 Å². The number of benzene rings is 1. The number of aromatic nitrogens is 1. The van der Waals surface area contributed by atoms with Gasteiger partial charge in [0.2, 0.25) is 11.8 Å². The normalized spacial score (nSPS) is 16.9. The van der Waals surface area contributed by atoms with E-state index in [1.54, 1.807) is 4.90 Å². The lowest BCUT2D eigenvalue weighted by molar-refractivity contribution is -0.137. The largest absolute Gasteiger partial charge is 0.417 e. The van der Waals surface area contributed by atoms with E-state index in [2.05, 4.69) is 10.1 Å². The molecule has 2 amide bonds. The quantitative estimate of drug-likeness (QED) is 0.666. The lowest BCUT2D eigenvalue weighted by atomic mass is 10.1. The molecule has 0 atom stereocenters. The fraction of sp³-hybridized carbons (Fsp3) is 0.417. The molecule has 1 fully saturated rings. The van der Waals surface area contributed by atoms with E-state index in [1.165, 1.54) is 11.1 Å². The third-order valence-electron chi connectivity index (χ3n) is 6.00. The van der Waals surface area contributed by atoms with E-state index in [4.69, 9.17) is 0 Å². The molecule has 0 N–H and O–H groups in total. The number of hydrazone groups is 1. The van der Waals surface area contributed by atoms with E-state index in [0.29, 0.717) is 51.4 Å². The zero-order valence-electron chi connectivity index (χ0n) is 18.7. The summed E-state index contributed by atoms with van der Waals surface area (Å²) in [5, 5.41) is 5.86. The van der Waals surface area contributed by atoms with Crippen molar-refractivity contribution in [2.45, 2.75) is 31.9 Å². The SMILES string of the molecule is O=C(CCC(=O)N1CCC(c2ccccc2)=N1)N1CCCN(c2ccc(C(F)(F)F)cn2)CC1. The van der Waals surface area contributed by atoms with Gasteiger partial charge in [0.25, 0.3) is 0 Å². The number of rotatable bonds is 5. The number of pyridine rings is 1. The van der Waals surface area contributed by atoms with Crippen molar-refractivity contribution in [3.8, 4) is 0 Å². The van der Waals surface area contributed by atoms with Crippen molar-refractivity contribution >= 4 is 23.3 Å². The Kier molecular flexibility index (Phi) is 7.14. The number of carbonyl (C=O) groups excluding carboxylic acids is 2.